The Bertz CT molecular complexity index is 1600. The van der Waals surface area contributed by atoms with Gasteiger partial charge < -0.3 is 16.2 Å². The molecule has 0 fully saturated rings. The fourth-order valence-electron chi connectivity index (χ4n) is 3.28. The van der Waals surface area contributed by atoms with Gasteiger partial charge in [0.15, 0.2) is 21.6 Å². The van der Waals surface area contributed by atoms with Crippen molar-refractivity contribution < 1.29 is 22.7 Å². The first-order valence-corrected chi connectivity index (χ1v) is 13.3. The van der Waals surface area contributed by atoms with Crippen LogP contribution in [0.2, 0.25) is 0 Å². The van der Waals surface area contributed by atoms with Crippen LogP contribution < -0.4 is 16.2 Å². The number of ether oxygens (including phenoxy) is 1. The summed E-state index contributed by atoms with van der Waals surface area (Å²) in [6, 6.07) is 17.8. The molecule has 0 saturated carbocycles. The predicted octanol–water partition coefficient (Wildman–Crippen LogP) is 3.87. The van der Waals surface area contributed by atoms with E-state index in [1.165, 1.54) is 24.1 Å². The minimum absolute atomic E-state index is 0. The Balaban J connectivity index is 0.00000253. The van der Waals surface area contributed by atoms with E-state index in [1.54, 1.807) is 30.6 Å². The Morgan fingerprint density at radius 2 is 1.66 bits per heavy atom. The molecule has 4 aromatic rings. The van der Waals surface area contributed by atoms with Crippen molar-refractivity contribution in [2.24, 2.45) is 16.5 Å². The Labute approximate surface area is 235 Å². The number of rotatable bonds is 8. The van der Waals surface area contributed by atoms with Crippen molar-refractivity contribution in [2.75, 3.05) is 12.0 Å². The molecule has 10 nitrogen and oxygen atoms in total. The molecule has 38 heavy (non-hydrogen) atoms. The number of carbonyl (C=O) groups is 2. The summed E-state index contributed by atoms with van der Waals surface area (Å²) in [5.41, 5.74) is 12.7. The highest BCUT2D eigenvalue weighted by molar-refractivity contribution is 7.98. The van der Waals surface area contributed by atoms with Crippen molar-refractivity contribution in [2.45, 2.75) is 4.90 Å². The molecule has 1 heterocycles. The maximum atomic E-state index is 12.7. The molecule has 4 rings (SSSR count). The van der Waals surface area contributed by atoms with Crippen molar-refractivity contribution >= 4 is 75.3 Å². The number of amides is 1. The van der Waals surface area contributed by atoms with Crippen LogP contribution in [-0.4, -0.2) is 47.0 Å². The zero-order valence-electron chi connectivity index (χ0n) is 19.8. The molecule has 14 heteroatoms. The highest BCUT2D eigenvalue weighted by Crippen LogP contribution is 2.30. The van der Waals surface area contributed by atoms with Gasteiger partial charge >= 0.3 is 0 Å². The lowest BCUT2D eigenvalue weighted by molar-refractivity contribution is 0.0999. The van der Waals surface area contributed by atoms with Crippen molar-refractivity contribution in [3.8, 4) is 11.5 Å². The van der Waals surface area contributed by atoms with Crippen molar-refractivity contribution in [1.29, 1.82) is 0 Å². The molecule has 0 bridgehead atoms. The molecular weight excluding hydrogens is 573 g/mol. The summed E-state index contributed by atoms with van der Waals surface area (Å²) in [4.78, 5) is 32.3. The number of sulfone groups is 1. The number of fused-ring (bicyclic) bond motifs is 1. The summed E-state index contributed by atoms with van der Waals surface area (Å²) >= 11 is 1.33. The minimum atomic E-state index is -3.76. The van der Waals surface area contributed by atoms with Gasteiger partial charge in [-0.3, -0.25) is 13.6 Å². The van der Waals surface area contributed by atoms with E-state index in [9.17, 15) is 18.0 Å². The molecule has 0 unspecified atom stereocenters. The molecule has 0 atom stereocenters. The molecule has 0 spiro atoms. The second-order valence-corrected chi connectivity index (χ2v) is 10.6. The number of nitrogens with two attached hydrogens (primary N) is 2. The molecular formula is C24H23Cl2N5O5S2. The Morgan fingerprint density at radius 1 is 1.00 bits per heavy atom. The number of Topliss-reactive ketones (excluding diaryl/α,β-unsaturated/α-hetero) is 1. The van der Waals surface area contributed by atoms with Gasteiger partial charge in [-0.2, -0.15) is 4.99 Å². The van der Waals surface area contributed by atoms with Gasteiger partial charge in [0, 0.05) is 17.4 Å². The van der Waals surface area contributed by atoms with Crippen molar-refractivity contribution in [1.82, 2.24) is 8.96 Å². The second-order valence-electron chi connectivity index (χ2n) is 7.66. The largest absolute Gasteiger partial charge is 0.456 e. The van der Waals surface area contributed by atoms with Crippen LogP contribution in [0, 0.1) is 0 Å². The number of para-hydroxylation sites is 2. The van der Waals surface area contributed by atoms with Crippen molar-refractivity contribution in [3.05, 3.63) is 84.2 Å². The standard InChI is InChI=1S/C24H21N5O5S2.2ClH/c1-36(32,33)22-12-16(23(31)28-24(25)26)8-11-21(22)34-17-9-6-15(7-10-17)20(30)13-35-29-14-27-18-4-2-3-5-19(18)29;;/h2-12,14H,13H2,1H3,(H4,25,26,28,31);2*1H. The lowest BCUT2D eigenvalue weighted by Gasteiger charge is -2.11. The van der Waals surface area contributed by atoms with Gasteiger partial charge in [0.05, 0.1) is 16.8 Å². The maximum Gasteiger partial charge on any atom is 0.280 e. The molecule has 0 aliphatic carbocycles. The third-order valence-corrected chi connectivity index (χ3v) is 7.06. The number of hydrogen-bond donors (Lipinski definition) is 2. The topological polar surface area (TPSA) is 160 Å². The third kappa shape index (κ3) is 7.25. The average Bonchev–Trinajstić information content (AvgIpc) is 3.25. The van der Waals surface area contributed by atoms with Crippen LogP contribution in [0.5, 0.6) is 11.5 Å². The number of imidazole rings is 1. The van der Waals surface area contributed by atoms with Gasteiger partial charge in [-0.1, -0.05) is 12.1 Å². The number of ketones is 1. The smallest absolute Gasteiger partial charge is 0.280 e. The summed E-state index contributed by atoms with van der Waals surface area (Å²) in [5, 5.41) is 0. The Morgan fingerprint density at radius 3 is 2.32 bits per heavy atom. The van der Waals surface area contributed by atoms with E-state index in [4.69, 9.17) is 16.2 Å². The summed E-state index contributed by atoms with van der Waals surface area (Å²) in [6.45, 7) is 0. The molecule has 1 amide bonds. The third-order valence-electron chi connectivity index (χ3n) is 4.98. The summed E-state index contributed by atoms with van der Waals surface area (Å²) in [5.74, 6) is -0.787. The van der Waals surface area contributed by atoms with Crippen LogP contribution in [0.15, 0.2) is 82.9 Å². The highest BCUT2D eigenvalue weighted by atomic mass is 35.5. The number of nitrogens with zero attached hydrogens (tertiary/aromatic N) is 3. The van der Waals surface area contributed by atoms with Crippen LogP contribution in [0.1, 0.15) is 20.7 Å². The van der Waals surface area contributed by atoms with E-state index in [-0.39, 0.29) is 52.6 Å². The van der Waals surface area contributed by atoms with E-state index < -0.39 is 21.7 Å². The fraction of sp³-hybridized carbons (Fsp3) is 0.0833. The zero-order chi connectivity index (χ0) is 25.9. The van der Waals surface area contributed by atoms with Gasteiger partial charge in [-0.25, -0.2) is 13.4 Å². The number of guanidine groups is 1. The number of halogens is 2. The molecule has 1 aromatic heterocycles. The molecule has 0 saturated heterocycles. The summed E-state index contributed by atoms with van der Waals surface area (Å²) in [7, 11) is -3.76. The van der Waals surface area contributed by atoms with Crippen molar-refractivity contribution in [3.63, 3.8) is 0 Å². The first-order valence-electron chi connectivity index (χ1n) is 10.5. The number of carbonyl (C=O) groups excluding carboxylic acids is 2. The fourth-order valence-corrected chi connectivity index (χ4v) is 4.93. The Kier molecular flexibility index (Phi) is 10.3. The highest BCUT2D eigenvalue weighted by Gasteiger charge is 2.19. The van der Waals surface area contributed by atoms with Gasteiger partial charge in [-0.15, -0.1) is 24.8 Å². The van der Waals surface area contributed by atoms with Crippen LogP contribution in [0.4, 0.5) is 0 Å². The molecule has 200 valence electrons. The van der Waals surface area contributed by atoms with E-state index in [0.29, 0.717) is 11.3 Å². The van der Waals surface area contributed by atoms with E-state index in [2.05, 4.69) is 9.98 Å². The van der Waals surface area contributed by atoms with E-state index in [1.807, 2.05) is 28.2 Å². The van der Waals surface area contributed by atoms with Crippen LogP contribution >= 0.6 is 36.8 Å². The SMILES string of the molecule is CS(=O)(=O)c1cc(C(=O)N=C(N)N)ccc1Oc1ccc(C(=O)CSn2cnc3ccccc32)cc1.Cl.Cl. The van der Waals surface area contributed by atoms with Gasteiger partial charge in [0.25, 0.3) is 5.91 Å². The maximum absolute atomic E-state index is 12.7. The van der Waals surface area contributed by atoms with E-state index >= 15 is 0 Å². The second kappa shape index (κ2) is 12.8. The normalized spacial score (nSPS) is 10.7. The predicted molar refractivity (Wildman–Crippen MR) is 153 cm³/mol. The van der Waals surface area contributed by atoms with Crippen LogP contribution in [0.25, 0.3) is 11.0 Å². The molecule has 0 aliphatic rings. The number of hydrogen-bond acceptors (Lipinski definition) is 7. The van der Waals surface area contributed by atoms with E-state index in [0.717, 1.165) is 23.4 Å². The summed E-state index contributed by atoms with van der Waals surface area (Å²) in [6.07, 6.45) is 2.67. The lowest BCUT2D eigenvalue weighted by atomic mass is 10.1. The minimum Gasteiger partial charge on any atom is -0.456 e. The summed E-state index contributed by atoms with van der Waals surface area (Å²) < 4.78 is 32.2. The Hall–Kier alpha value is -3.58. The monoisotopic (exact) mass is 595 g/mol. The van der Waals surface area contributed by atoms with Crippen LogP contribution in [0.3, 0.4) is 0 Å². The zero-order valence-corrected chi connectivity index (χ0v) is 23.1. The van der Waals surface area contributed by atoms with Gasteiger partial charge in [0.1, 0.15) is 22.7 Å². The number of aliphatic imine (C=N–C) groups is 1. The van der Waals surface area contributed by atoms with Gasteiger partial charge in [-0.05, 0) is 66.5 Å². The molecule has 0 radical (unpaired) electrons. The molecule has 3 aromatic carbocycles. The average molecular weight is 597 g/mol. The lowest BCUT2D eigenvalue weighted by Crippen LogP contribution is -2.24. The molecule has 0 aliphatic heterocycles. The number of aromatic nitrogens is 2. The quantitative estimate of drug-likeness (QED) is 0.175. The van der Waals surface area contributed by atoms with Crippen LogP contribution in [-0.2, 0) is 9.84 Å². The first-order chi connectivity index (χ1) is 17.1. The first kappa shape index (κ1) is 30.6. The number of benzene rings is 3. The van der Waals surface area contributed by atoms with Gasteiger partial charge in [0.2, 0.25) is 0 Å². The molecule has 4 N–H and O–H groups in total.